The van der Waals surface area contributed by atoms with E-state index in [9.17, 15) is 0 Å². The van der Waals surface area contributed by atoms with Crippen molar-refractivity contribution in [3.63, 3.8) is 0 Å². The molecule has 2 aliphatic rings. The van der Waals surface area contributed by atoms with E-state index in [1.165, 1.54) is 64.2 Å². The number of fused-ring (bicyclic) bond motifs is 1. The standard InChI is InChI=1S/C16H31NO/c1-14-9-10-16-12-11-15(17(14)16)8-6-4-2-3-5-7-13-18/h14-16,18H,2-13H2,1H3/t14-,15+,16+/m1/s1. The monoisotopic (exact) mass is 253 g/mol. The highest BCUT2D eigenvalue weighted by Crippen LogP contribution is 2.38. The van der Waals surface area contributed by atoms with E-state index in [0.717, 1.165) is 24.5 Å². The molecular formula is C16H31NO. The average molecular weight is 253 g/mol. The van der Waals surface area contributed by atoms with Gasteiger partial charge in [0.25, 0.3) is 0 Å². The van der Waals surface area contributed by atoms with Gasteiger partial charge in [0.05, 0.1) is 0 Å². The predicted octanol–water partition coefficient (Wildman–Crippen LogP) is 3.72. The molecule has 0 spiro atoms. The molecule has 2 nitrogen and oxygen atoms in total. The number of unbranched alkanes of at least 4 members (excludes halogenated alkanes) is 5. The summed E-state index contributed by atoms with van der Waals surface area (Å²) in [5.41, 5.74) is 0. The molecule has 2 rings (SSSR count). The largest absolute Gasteiger partial charge is 0.396 e. The molecule has 106 valence electrons. The van der Waals surface area contributed by atoms with Crippen molar-refractivity contribution < 1.29 is 5.11 Å². The van der Waals surface area contributed by atoms with Crippen LogP contribution in [-0.4, -0.2) is 34.7 Å². The van der Waals surface area contributed by atoms with Crippen LogP contribution in [0.3, 0.4) is 0 Å². The minimum atomic E-state index is 0.371. The molecule has 0 unspecified atom stereocenters. The number of nitrogens with zero attached hydrogens (tertiary/aromatic N) is 1. The maximum atomic E-state index is 8.72. The first-order chi connectivity index (χ1) is 8.83. The fraction of sp³-hybridized carbons (Fsp3) is 1.00. The molecule has 2 aliphatic heterocycles. The third-order valence-corrected chi connectivity index (χ3v) is 5.05. The lowest BCUT2D eigenvalue weighted by Gasteiger charge is -2.28. The third kappa shape index (κ3) is 3.71. The van der Waals surface area contributed by atoms with E-state index in [-0.39, 0.29) is 0 Å². The van der Waals surface area contributed by atoms with E-state index in [4.69, 9.17) is 5.11 Å². The Morgan fingerprint density at radius 3 is 2.33 bits per heavy atom. The van der Waals surface area contributed by atoms with Crippen LogP contribution in [0.4, 0.5) is 0 Å². The lowest BCUT2D eigenvalue weighted by atomic mass is 10.0. The maximum absolute atomic E-state index is 8.72. The Morgan fingerprint density at radius 2 is 1.56 bits per heavy atom. The second-order valence-corrected chi connectivity index (χ2v) is 6.39. The molecule has 0 aromatic rings. The Hall–Kier alpha value is -0.0800. The Bertz CT molecular complexity index is 231. The van der Waals surface area contributed by atoms with Crippen LogP contribution in [0.1, 0.15) is 77.6 Å². The van der Waals surface area contributed by atoms with Gasteiger partial charge in [0.15, 0.2) is 0 Å². The second-order valence-electron chi connectivity index (χ2n) is 6.39. The smallest absolute Gasteiger partial charge is 0.0431 e. The molecule has 1 N–H and O–H groups in total. The molecule has 2 heteroatoms. The van der Waals surface area contributed by atoms with E-state index in [1.807, 2.05) is 0 Å². The quantitative estimate of drug-likeness (QED) is 0.666. The van der Waals surface area contributed by atoms with E-state index < -0.39 is 0 Å². The van der Waals surface area contributed by atoms with Crippen molar-refractivity contribution >= 4 is 0 Å². The molecule has 0 amide bonds. The minimum Gasteiger partial charge on any atom is -0.396 e. The van der Waals surface area contributed by atoms with Gasteiger partial charge in [-0.25, -0.2) is 0 Å². The van der Waals surface area contributed by atoms with Crippen molar-refractivity contribution in [2.75, 3.05) is 6.61 Å². The molecule has 2 saturated heterocycles. The third-order valence-electron chi connectivity index (χ3n) is 5.05. The highest BCUT2D eigenvalue weighted by atomic mass is 16.2. The van der Waals surface area contributed by atoms with Gasteiger partial charge in [0.2, 0.25) is 0 Å². The molecular weight excluding hydrogens is 222 g/mol. The van der Waals surface area contributed by atoms with Gasteiger partial charge in [-0.2, -0.15) is 0 Å². The number of aliphatic hydroxyl groups is 1. The first-order valence-electron chi connectivity index (χ1n) is 8.21. The van der Waals surface area contributed by atoms with Crippen molar-refractivity contribution in [2.45, 2.75) is 95.7 Å². The molecule has 0 saturated carbocycles. The molecule has 2 fully saturated rings. The summed E-state index contributed by atoms with van der Waals surface area (Å²) in [4.78, 5) is 2.84. The second kappa shape index (κ2) is 7.49. The molecule has 0 aromatic heterocycles. The Morgan fingerprint density at radius 1 is 0.889 bits per heavy atom. The number of rotatable bonds is 8. The van der Waals surface area contributed by atoms with Gasteiger partial charge in [0, 0.05) is 24.7 Å². The lowest BCUT2D eigenvalue weighted by Crippen LogP contribution is -2.36. The Balaban J connectivity index is 1.54. The topological polar surface area (TPSA) is 23.5 Å². The van der Waals surface area contributed by atoms with Crippen molar-refractivity contribution in [1.82, 2.24) is 4.90 Å². The van der Waals surface area contributed by atoms with Gasteiger partial charge < -0.3 is 5.11 Å². The summed E-state index contributed by atoms with van der Waals surface area (Å²) >= 11 is 0. The summed E-state index contributed by atoms with van der Waals surface area (Å²) in [6.45, 7) is 2.80. The highest BCUT2D eigenvalue weighted by Gasteiger charge is 2.39. The summed E-state index contributed by atoms with van der Waals surface area (Å²) in [6, 6.07) is 2.70. The summed E-state index contributed by atoms with van der Waals surface area (Å²) in [6.07, 6.45) is 14.9. The van der Waals surface area contributed by atoms with Crippen LogP contribution in [0.25, 0.3) is 0 Å². The Kier molecular flexibility index (Phi) is 5.97. The molecule has 3 atom stereocenters. The zero-order valence-electron chi connectivity index (χ0n) is 12.1. The van der Waals surface area contributed by atoms with Crippen molar-refractivity contribution in [3.05, 3.63) is 0 Å². The summed E-state index contributed by atoms with van der Waals surface area (Å²) in [7, 11) is 0. The van der Waals surface area contributed by atoms with E-state index in [1.54, 1.807) is 0 Å². The molecule has 0 aliphatic carbocycles. The summed E-state index contributed by atoms with van der Waals surface area (Å²) in [5, 5.41) is 8.72. The van der Waals surface area contributed by atoms with E-state index in [2.05, 4.69) is 11.8 Å². The van der Waals surface area contributed by atoms with Crippen LogP contribution < -0.4 is 0 Å². The van der Waals surface area contributed by atoms with Crippen LogP contribution in [0, 0.1) is 0 Å². The normalized spacial score (nSPS) is 32.0. The van der Waals surface area contributed by atoms with Crippen LogP contribution in [-0.2, 0) is 0 Å². The SMILES string of the molecule is C[C@@H]1CC[C@H]2CC[C@H](CCCCCCCCO)N21. The molecule has 0 bridgehead atoms. The van der Waals surface area contributed by atoms with Gasteiger partial charge in [-0.05, 0) is 45.4 Å². The van der Waals surface area contributed by atoms with Gasteiger partial charge in [-0.15, -0.1) is 0 Å². The first kappa shape index (κ1) is 14.3. The number of aliphatic hydroxyl groups excluding tert-OH is 1. The van der Waals surface area contributed by atoms with E-state index >= 15 is 0 Å². The maximum Gasteiger partial charge on any atom is 0.0431 e. The van der Waals surface area contributed by atoms with Crippen molar-refractivity contribution in [3.8, 4) is 0 Å². The molecule has 18 heavy (non-hydrogen) atoms. The van der Waals surface area contributed by atoms with Gasteiger partial charge in [-0.1, -0.05) is 32.1 Å². The number of hydrogen-bond donors (Lipinski definition) is 1. The minimum absolute atomic E-state index is 0.371. The fourth-order valence-electron chi connectivity index (χ4n) is 4.07. The van der Waals surface area contributed by atoms with Crippen LogP contribution in [0.2, 0.25) is 0 Å². The highest BCUT2D eigenvalue weighted by molar-refractivity contribution is 4.95. The summed E-state index contributed by atoms with van der Waals surface area (Å²) in [5.74, 6) is 0. The van der Waals surface area contributed by atoms with Gasteiger partial charge in [-0.3, -0.25) is 4.90 Å². The van der Waals surface area contributed by atoms with Crippen LogP contribution in [0.15, 0.2) is 0 Å². The van der Waals surface area contributed by atoms with Gasteiger partial charge in [0.1, 0.15) is 0 Å². The molecule has 0 radical (unpaired) electrons. The molecule has 0 aromatic carbocycles. The lowest BCUT2D eigenvalue weighted by molar-refractivity contribution is 0.180. The zero-order valence-corrected chi connectivity index (χ0v) is 12.1. The van der Waals surface area contributed by atoms with Crippen molar-refractivity contribution in [1.29, 1.82) is 0 Å². The van der Waals surface area contributed by atoms with E-state index in [0.29, 0.717) is 6.61 Å². The summed E-state index contributed by atoms with van der Waals surface area (Å²) < 4.78 is 0. The Labute approximate surface area is 113 Å². The van der Waals surface area contributed by atoms with Crippen LogP contribution >= 0.6 is 0 Å². The van der Waals surface area contributed by atoms with Gasteiger partial charge >= 0.3 is 0 Å². The first-order valence-corrected chi connectivity index (χ1v) is 8.21. The number of hydrogen-bond acceptors (Lipinski definition) is 2. The van der Waals surface area contributed by atoms with Crippen LogP contribution in [0.5, 0.6) is 0 Å². The zero-order chi connectivity index (χ0) is 12.8. The predicted molar refractivity (Wildman–Crippen MR) is 76.7 cm³/mol. The average Bonchev–Trinajstić information content (AvgIpc) is 2.93. The molecule has 2 heterocycles. The fourth-order valence-corrected chi connectivity index (χ4v) is 4.07. The van der Waals surface area contributed by atoms with Crippen molar-refractivity contribution in [2.24, 2.45) is 0 Å².